The van der Waals surface area contributed by atoms with Gasteiger partial charge in [0.2, 0.25) is 5.91 Å². The van der Waals surface area contributed by atoms with Crippen LogP contribution in [0, 0.1) is 11.3 Å². The SMILES string of the molecule is N#Cc1ccc(NC(=O)[C@@H](N)c2ccccc2)c(Cl)c1. The van der Waals surface area contributed by atoms with E-state index in [-0.39, 0.29) is 5.91 Å². The smallest absolute Gasteiger partial charge is 0.245 e. The molecule has 100 valence electrons. The van der Waals surface area contributed by atoms with Crippen LogP contribution < -0.4 is 11.1 Å². The van der Waals surface area contributed by atoms with E-state index in [4.69, 9.17) is 22.6 Å². The first kappa shape index (κ1) is 14.1. The van der Waals surface area contributed by atoms with E-state index in [2.05, 4.69) is 5.32 Å². The Morgan fingerprint density at radius 3 is 2.55 bits per heavy atom. The zero-order valence-electron chi connectivity index (χ0n) is 10.5. The molecule has 1 amide bonds. The largest absolute Gasteiger partial charge is 0.323 e. The van der Waals surface area contributed by atoms with Gasteiger partial charge in [-0.1, -0.05) is 41.9 Å². The summed E-state index contributed by atoms with van der Waals surface area (Å²) < 4.78 is 0. The Morgan fingerprint density at radius 2 is 1.95 bits per heavy atom. The number of halogens is 1. The number of carbonyl (C=O) groups excluding carboxylic acids is 1. The van der Waals surface area contributed by atoms with Gasteiger partial charge in [-0.3, -0.25) is 4.79 Å². The summed E-state index contributed by atoms with van der Waals surface area (Å²) in [4.78, 5) is 12.1. The van der Waals surface area contributed by atoms with E-state index in [1.807, 2.05) is 24.3 Å². The molecule has 0 saturated heterocycles. The van der Waals surface area contributed by atoms with Crippen molar-refractivity contribution in [3.8, 4) is 6.07 Å². The van der Waals surface area contributed by atoms with Crippen LogP contribution >= 0.6 is 11.6 Å². The first-order chi connectivity index (χ1) is 9.61. The van der Waals surface area contributed by atoms with Crippen LogP contribution in [-0.4, -0.2) is 5.91 Å². The Hall–Kier alpha value is -2.35. The van der Waals surface area contributed by atoms with Crippen LogP contribution in [0.4, 0.5) is 5.69 Å². The molecule has 0 aliphatic carbocycles. The van der Waals surface area contributed by atoms with Crippen molar-refractivity contribution >= 4 is 23.2 Å². The number of hydrogen-bond donors (Lipinski definition) is 2. The number of nitriles is 1. The van der Waals surface area contributed by atoms with Gasteiger partial charge in [0, 0.05) is 0 Å². The van der Waals surface area contributed by atoms with E-state index in [0.717, 1.165) is 5.56 Å². The Balaban J connectivity index is 2.14. The van der Waals surface area contributed by atoms with Gasteiger partial charge in [-0.25, -0.2) is 0 Å². The van der Waals surface area contributed by atoms with E-state index in [9.17, 15) is 4.79 Å². The second-order valence-electron chi connectivity index (χ2n) is 4.18. The second-order valence-corrected chi connectivity index (χ2v) is 4.59. The molecule has 0 aliphatic rings. The second kappa shape index (κ2) is 6.20. The molecule has 0 radical (unpaired) electrons. The summed E-state index contributed by atoms with van der Waals surface area (Å²) in [5.41, 5.74) is 7.47. The highest BCUT2D eigenvalue weighted by molar-refractivity contribution is 6.33. The molecule has 5 heteroatoms. The predicted octanol–water partition coefficient (Wildman–Crippen LogP) is 2.85. The third-order valence-electron chi connectivity index (χ3n) is 2.80. The number of carbonyl (C=O) groups is 1. The molecule has 1 atom stereocenters. The topological polar surface area (TPSA) is 78.9 Å². The van der Waals surface area contributed by atoms with E-state index in [1.54, 1.807) is 24.3 Å². The number of hydrogen-bond acceptors (Lipinski definition) is 3. The van der Waals surface area contributed by atoms with Gasteiger partial charge < -0.3 is 11.1 Å². The maximum absolute atomic E-state index is 12.1. The maximum Gasteiger partial charge on any atom is 0.245 e. The van der Waals surface area contributed by atoms with Gasteiger partial charge >= 0.3 is 0 Å². The summed E-state index contributed by atoms with van der Waals surface area (Å²) >= 11 is 6.00. The number of nitrogens with one attached hydrogen (secondary N) is 1. The van der Waals surface area contributed by atoms with Crippen LogP contribution in [0.2, 0.25) is 5.02 Å². The van der Waals surface area contributed by atoms with Crippen LogP contribution in [0.1, 0.15) is 17.2 Å². The van der Waals surface area contributed by atoms with Gasteiger partial charge in [-0.15, -0.1) is 0 Å². The van der Waals surface area contributed by atoms with Crippen molar-refractivity contribution in [3.05, 3.63) is 64.7 Å². The summed E-state index contributed by atoms with van der Waals surface area (Å²) in [5.74, 6) is -0.359. The van der Waals surface area contributed by atoms with Crippen LogP contribution in [0.5, 0.6) is 0 Å². The average Bonchev–Trinajstić information content (AvgIpc) is 2.49. The fraction of sp³-hybridized carbons (Fsp3) is 0.0667. The van der Waals surface area contributed by atoms with E-state index < -0.39 is 6.04 Å². The molecular formula is C15H12ClN3O. The van der Waals surface area contributed by atoms with Gasteiger partial charge in [-0.05, 0) is 23.8 Å². The highest BCUT2D eigenvalue weighted by atomic mass is 35.5. The molecule has 0 bridgehead atoms. The number of nitrogens with two attached hydrogens (primary N) is 1. The molecule has 2 rings (SSSR count). The zero-order chi connectivity index (χ0) is 14.5. The van der Waals surface area contributed by atoms with Crippen molar-refractivity contribution in [1.29, 1.82) is 5.26 Å². The lowest BCUT2D eigenvalue weighted by Gasteiger charge is -2.13. The minimum atomic E-state index is -0.775. The number of benzene rings is 2. The van der Waals surface area contributed by atoms with Crippen molar-refractivity contribution < 1.29 is 4.79 Å². The fourth-order valence-corrected chi connectivity index (χ4v) is 1.94. The molecule has 4 nitrogen and oxygen atoms in total. The summed E-state index contributed by atoms with van der Waals surface area (Å²) in [5, 5.41) is 11.7. The highest BCUT2D eigenvalue weighted by Crippen LogP contribution is 2.24. The van der Waals surface area contributed by atoms with Crippen LogP contribution in [-0.2, 0) is 4.79 Å². The lowest BCUT2D eigenvalue weighted by Crippen LogP contribution is -2.27. The molecule has 0 saturated carbocycles. The van der Waals surface area contributed by atoms with Gasteiger partial charge in [0.05, 0.1) is 22.3 Å². The predicted molar refractivity (Wildman–Crippen MR) is 78.2 cm³/mol. The minimum Gasteiger partial charge on any atom is -0.323 e. The highest BCUT2D eigenvalue weighted by Gasteiger charge is 2.16. The Labute approximate surface area is 121 Å². The molecular weight excluding hydrogens is 274 g/mol. The summed E-state index contributed by atoms with van der Waals surface area (Å²) in [6, 6.07) is 14.9. The standard InChI is InChI=1S/C15H12ClN3O/c16-12-8-10(9-17)6-7-13(12)19-15(20)14(18)11-4-2-1-3-5-11/h1-8,14H,18H2,(H,19,20)/t14-/m0/s1. The Bertz CT molecular complexity index is 665. The number of anilines is 1. The van der Waals surface area contributed by atoms with Gasteiger partial charge in [0.15, 0.2) is 0 Å². The molecule has 3 N–H and O–H groups in total. The molecule has 0 spiro atoms. The fourth-order valence-electron chi connectivity index (χ4n) is 1.71. The quantitative estimate of drug-likeness (QED) is 0.910. The lowest BCUT2D eigenvalue weighted by atomic mass is 10.1. The first-order valence-corrected chi connectivity index (χ1v) is 6.30. The third kappa shape index (κ3) is 3.15. The van der Waals surface area contributed by atoms with Gasteiger partial charge in [0.1, 0.15) is 6.04 Å². The monoisotopic (exact) mass is 285 g/mol. The van der Waals surface area contributed by atoms with Crippen molar-refractivity contribution in [2.75, 3.05) is 5.32 Å². The van der Waals surface area contributed by atoms with Gasteiger partial charge in [-0.2, -0.15) is 5.26 Å². The van der Waals surface area contributed by atoms with Crippen molar-refractivity contribution in [1.82, 2.24) is 0 Å². The number of rotatable bonds is 3. The average molecular weight is 286 g/mol. The minimum absolute atomic E-state index is 0.303. The first-order valence-electron chi connectivity index (χ1n) is 5.93. The molecule has 20 heavy (non-hydrogen) atoms. The molecule has 0 fully saturated rings. The van der Waals surface area contributed by atoms with E-state index in [1.165, 1.54) is 6.07 Å². The molecule has 2 aromatic carbocycles. The van der Waals surface area contributed by atoms with Crippen LogP contribution in [0.15, 0.2) is 48.5 Å². The normalized spacial score (nSPS) is 11.4. The van der Waals surface area contributed by atoms with E-state index in [0.29, 0.717) is 16.3 Å². The maximum atomic E-state index is 12.1. The third-order valence-corrected chi connectivity index (χ3v) is 3.11. The Morgan fingerprint density at radius 1 is 1.25 bits per heavy atom. The molecule has 2 aromatic rings. The van der Waals surface area contributed by atoms with Crippen molar-refractivity contribution in [2.24, 2.45) is 5.73 Å². The van der Waals surface area contributed by atoms with E-state index >= 15 is 0 Å². The molecule has 0 unspecified atom stereocenters. The van der Waals surface area contributed by atoms with Crippen molar-refractivity contribution in [3.63, 3.8) is 0 Å². The summed E-state index contributed by atoms with van der Waals surface area (Å²) in [7, 11) is 0. The van der Waals surface area contributed by atoms with Gasteiger partial charge in [0.25, 0.3) is 0 Å². The zero-order valence-corrected chi connectivity index (χ0v) is 11.3. The lowest BCUT2D eigenvalue weighted by molar-refractivity contribution is -0.117. The number of amides is 1. The number of nitrogens with zero attached hydrogens (tertiary/aromatic N) is 1. The van der Waals surface area contributed by atoms with Crippen LogP contribution in [0.3, 0.4) is 0 Å². The molecule has 0 heterocycles. The van der Waals surface area contributed by atoms with Crippen molar-refractivity contribution in [2.45, 2.75) is 6.04 Å². The molecule has 0 aliphatic heterocycles. The van der Waals surface area contributed by atoms with Crippen LogP contribution in [0.25, 0.3) is 0 Å². The molecule has 0 aromatic heterocycles. The Kier molecular flexibility index (Phi) is 4.36. The summed E-state index contributed by atoms with van der Waals surface area (Å²) in [6.07, 6.45) is 0. The summed E-state index contributed by atoms with van der Waals surface area (Å²) in [6.45, 7) is 0.